The number of benzene rings is 1. The van der Waals surface area contributed by atoms with Gasteiger partial charge >= 0.3 is 0 Å². The predicted octanol–water partition coefficient (Wildman–Crippen LogP) is 2.85. The first kappa shape index (κ1) is 14.8. The van der Waals surface area contributed by atoms with Crippen LogP contribution < -0.4 is 5.32 Å². The van der Waals surface area contributed by atoms with Crippen molar-refractivity contribution in [2.75, 3.05) is 6.54 Å². The van der Waals surface area contributed by atoms with Gasteiger partial charge in [-0.3, -0.25) is 4.79 Å². The van der Waals surface area contributed by atoms with Gasteiger partial charge in [0, 0.05) is 31.0 Å². The Kier molecular flexibility index (Phi) is 4.96. The van der Waals surface area contributed by atoms with E-state index in [9.17, 15) is 13.6 Å². The van der Waals surface area contributed by atoms with Crippen molar-refractivity contribution in [3.8, 4) is 0 Å². The maximum atomic E-state index is 12.9. The highest BCUT2D eigenvalue weighted by Crippen LogP contribution is 2.09. The van der Waals surface area contributed by atoms with Crippen molar-refractivity contribution < 1.29 is 13.6 Å². The average Bonchev–Trinajstić information content (AvgIpc) is 2.12. The van der Waals surface area contributed by atoms with Crippen molar-refractivity contribution in [3.05, 3.63) is 35.4 Å². The molecule has 1 N–H and O–H groups in total. The number of carbonyl (C=O) groups excluding carboxylic acids is 1. The van der Waals surface area contributed by atoms with Crippen LogP contribution in [0.15, 0.2) is 18.2 Å². The van der Waals surface area contributed by atoms with Gasteiger partial charge in [0.25, 0.3) is 0 Å². The maximum absolute atomic E-state index is 12.9. The molecule has 0 aliphatic carbocycles. The molecule has 0 atom stereocenters. The third-order valence-corrected chi connectivity index (χ3v) is 2.38. The number of hydrogen-bond acceptors (Lipinski definition) is 2. The lowest BCUT2D eigenvalue weighted by Gasteiger charge is -2.20. The van der Waals surface area contributed by atoms with E-state index in [0.29, 0.717) is 18.5 Å². The molecule has 0 aromatic heterocycles. The standard InChI is InChI=1S/C14H19F2NO/c1-14(2,3)17-5-4-13(18)8-10-6-11(15)9-12(16)7-10/h6-7,9,17H,4-5,8H2,1-3H3. The Hall–Kier alpha value is -1.29. The van der Waals surface area contributed by atoms with Crippen LogP contribution in [0, 0.1) is 11.6 Å². The number of rotatable bonds is 5. The first-order valence-electron chi connectivity index (χ1n) is 5.98. The Morgan fingerprint density at radius 1 is 1.17 bits per heavy atom. The second kappa shape index (κ2) is 6.05. The minimum absolute atomic E-state index is 0.0308. The highest BCUT2D eigenvalue weighted by atomic mass is 19.1. The van der Waals surface area contributed by atoms with Gasteiger partial charge in [-0.15, -0.1) is 0 Å². The zero-order valence-corrected chi connectivity index (χ0v) is 11.0. The molecular formula is C14H19F2NO. The fraction of sp³-hybridized carbons (Fsp3) is 0.500. The molecule has 0 saturated heterocycles. The average molecular weight is 255 g/mol. The summed E-state index contributed by atoms with van der Waals surface area (Å²) in [6, 6.07) is 3.19. The number of Topliss-reactive ketones (excluding diaryl/α,β-unsaturated/α-hetero) is 1. The Bertz CT molecular complexity index is 404. The van der Waals surface area contributed by atoms with Crippen molar-refractivity contribution in [1.29, 1.82) is 0 Å². The van der Waals surface area contributed by atoms with E-state index in [4.69, 9.17) is 0 Å². The molecule has 0 saturated carbocycles. The van der Waals surface area contributed by atoms with Gasteiger partial charge < -0.3 is 5.32 Å². The fourth-order valence-electron chi connectivity index (χ4n) is 1.61. The van der Waals surface area contributed by atoms with Gasteiger partial charge in [-0.25, -0.2) is 8.78 Å². The number of carbonyl (C=O) groups is 1. The number of hydrogen-bond donors (Lipinski definition) is 1. The normalized spacial score (nSPS) is 11.6. The smallest absolute Gasteiger partial charge is 0.138 e. The van der Waals surface area contributed by atoms with Crippen LogP contribution in [-0.4, -0.2) is 17.9 Å². The number of halogens is 2. The Morgan fingerprint density at radius 3 is 2.22 bits per heavy atom. The van der Waals surface area contributed by atoms with E-state index in [0.717, 1.165) is 6.07 Å². The van der Waals surface area contributed by atoms with Crippen LogP contribution in [0.3, 0.4) is 0 Å². The van der Waals surface area contributed by atoms with Crippen molar-refractivity contribution in [3.63, 3.8) is 0 Å². The molecule has 4 heteroatoms. The van der Waals surface area contributed by atoms with Crippen LogP contribution >= 0.6 is 0 Å². The topological polar surface area (TPSA) is 29.1 Å². The van der Waals surface area contributed by atoms with E-state index in [1.165, 1.54) is 12.1 Å². The molecule has 1 rings (SSSR count). The third kappa shape index (κ3) is 5.87. The molecule has 0 radical (unpaired) electrons. The summed E-state index contributed by atoms with van der Waals surface area (Å²) in [4.78, 5) is 11.6. The van der Waals surface area contributed by atoms with Gasteiger partial charge in [0.15, 0.2) is 0 Å². The van der Waals surface area contributed by atoms with Gasteiger partial charge in [-0.2, -0.15) is 0 Å². The second-order valence-electron chi connectivity index (χ2n) is 5.42. The predicted molar refractivity (Wildman–Crippen MR) is 67.4 cm³/mol. The number of ketones is 1. The fourth-order valence-corrected chi connectivity index (χ4v) is 1.61. The molecular weight excluding hydrogens is 236 g/mol. The van der Waals surface area contributed by atoms with E-state index >= 15 is 0 Å². The summed E-state index contributed by atoms with van der Waals surface area (Å²) in [7, 11) is 0. The molecule has 0 aliphatic rings. The zero-order valence-electron chi connectivity index (χ0n) is 11.0. The van der Waals surface area contributed by atoms with E-state index in [-0.39, 0.29) is 17.7 Å². The van der Waals surface area contributed by atoms with E-state index < -0.39 is 11.6 Å². The first-order valence-corrected chi connectivity index (χ1v) is 5.98. The molecule has 1 aromatic rings. The summed E-state index contributed by atoms with van der Waals surface area (Å²) in [6.45, 7) is 6.61. The number of nitrogens with one attached hydrogen (secondary N) is 1. The second-order valence-corrected chi connectivity index (χ2v) is 5.42. The highest BCUT2D eigenvalue weighted by Gasteiger charge is 2.10. The van der Waals surface area contributed by atoms with Gasteiger partial charge in [-0.05, 0) is 38.5 Å². The summed E-state index contributed by atoms with van der Waals surface area (Å²) >= 11 is 0. The maximum Gasteiger partial charge on any atom is 0.138 e. The molecule has 0 fully saturated rings. The van der Waals surface area contributed by atoms with Crippen LogP contribution in [0.1, 0.15) is 32.8 Å². The van der Waals surface area contributed by atoms with Gasteiger partial charge in [0.1, 0.15) is 17.4 Å². The van der Waals surface area contributed by atoms with Crippen molar-refractivity contribution >= 4 is 5.78 Å². The van der Waals surface area contributed by atoms with Crippen LogP contribution in [0.2, 0.25) is 0 Å². The summed E-state index contributed by atoms with van der Waals surface area (Å²) in [6.07, 6.45) is 0.426. The Morgan fingerprint density at radius 2 is 1.72 bits per heavy atom. The zero-order chi connectivity index (χ0) is 13.8. The molecule has 0 unspecified atom stereocenters. The van der Waals surface area contributed by atoms with Gasteiger partial charge in [0.05, 0.1) is 0 Å². The lowest BCUT2D eigenvalue weighted by Crippen LogP contribution is -2.37. The van der Waals surface area contributed by atoms with E-state index in [1.807, 2.05) is 20.8 Å². The minimum atomic E-state index is -0.648. The third-order valence-electron chi connectivity index (χ3n) is 2.38. The lowest BCUT2D eigenvalue weighted by atomic mass is 10.1. The molecule has 2 nitrogen and oxygen atoms in total. The quantitative estimate of drug-likeness (QED) is 0.876. The minimum Gasteiger partial charge on any atom is -0.312 e. The highest BCUT2D eigenvalue weighted by molar-refractivity contribution is 5.81. The molecule has 0 heterocycles. The van der Waals surface area contributed by atoms with Crippen LogP contribution in [0.5, 0.6) is 0 Å². The summed E-state index contributed by atoms with van der Waals surface area (Å²) in [5, 5.41) is 3.19. The molecule has 0 bridgehead atoms. The van der Waals surface area contributed by atoms with Gasteiger partial charge in [-0.1, -0.05) is 0 Å². The molecule has 18 heavy (non-hydrogen) atoms. The molecule has 0 amide bonds. The monoisotopic (exact) mass is 255 g/mol. The van der Waals surface area contributed by atoms with E-state index in [2.05, 4.69) is 5.32 Å². The van der Waals surface area contributed by atoms with Crippen molar-refractivity contribution in [2.45, 2.75) is 39.2 Å². The van der Waals surface area contributed by atoms with Gasteiger partial charge in [0.2, 0.25) is 0 Å². The molecule has 0 spiro atoms. The SMILES string of the molecule is CC(C)(C)NCCC(=O)Cc1cc(F)cc(F)c1. The van der Waals surface area contributed by atoms with Crippen molar-refractivity contribution in [1.82, 2.24) is 5.32 Å². The summed E-state index contributed by atoms with van der Waals surface area (Å²) in [5.74, 6) is -1.33. The van der Waals surface area contributed by atoms with E-state index in [1.54, 1.807) is 0 Å². The first-order chi connectivity index (χ1) is 8.26. The Balaban J connectivity index is 2.45. The lowest BCUT2D eigenvalue weighted by molar-refractivity contribution is -0.118. The largest absolute Gasteiger partial charge is 0.312 e. The van der Waals surface area contributed by atoms with Crippen LogP contribution in [0.4, 0.5) is 8.78 Å². The molecule has 100 valence electrons. The van der Waals surface area contributed by atoms with Crippen molar-refractivity contribution in [2.24, 2.45) is 0 Å². The van der Waals surface area contributed by atoms with Crippen LogP contribution in [-0.2, 0) is 11.2 Å². The Labute approximate surface area is 106 Å². The molecule has 1 aromatic carbocycles. The summed E-state index contributed by atoms with van der Waals surface area (Å²) in [5.41, 5.74) is 0.346. The van der Waals surface area contributed by atoms with Crippen LogP contribution in [0.25, 0.3) is 0 Å². The molecule has 0 aliphatic heterocycles. The summed E-state index contributed by atoms with van der Waals surface area (Å²) < 4.78 is 25.8.